The molecule has 4 rings (SSSR count). The van der Waals surface area contributed by atoms with E-state index in [0.29, 0.717) is 39.3 Å². The number of carbonyl (C=O) groups excluding carboxylic acids is 1. The minimum absolute atomic E-state index is 0.259. The second-order valence-electron chi connectivity index (χ2n) is 5.85. The zero-order valence-corrected chi connectivity index (χ0v) is 15.5. The number of benzene rings is 2. The maximum atomic E-state index is 12.3. The molecule has 7 heteroatoms. The van der Waals surface area contributed by atoms with Gasteiger partial charge in [-0.15, -0.1) is 0 Å². The Morgan fingerprint density at radius 2 is 1.89 bits per heavy atom. The predicted octanol–water partition coefficient (Wildman–Crippen LogP) is 5.13. The SMILES string of the molecule is O=C(NCc1ccc(-c2nc3ncccc3o2)cc1)c1ccc(Cl)cc1Cl. The van der Waals surface area contributed by atoms with Crippen LogP contribution in [0.25, 0.3) is 22.7 Å². The number of oxazole rings is 1. The van der Waals surface area contributed by atoms with E-state index in [1.54, 1.807) is 30.5 Å². The Labute approximate surface area is 165 Å². The van der Waals surface area contributed by atoms with Crippen LogP contribution < -0.4 is 5.32 Å². The quantitative estimate of drug-likeness (QED) is 0.518. The van der Waals surface area contributed by atoms with Gasteiger partial charge in [-0.25, -0.2) is 4.98 Å². The van der Waals surface area contributed by atoms with Crippen LogP contribution in [0.15, 0.2) is 65.2 Å². The monoisotopic (exact) mass is 397 g/mol. The van der Waals surface area contributed by atoms with E-state index in [2.05, 4.69) is 15.3 Å². The molecule has 4 aromatic rings. The standard InChI is InChI=1S/C20H13Cl2N3O2/c21-14-7-8-15(16(22)10-14)19(26)24-11-12-3-5-13(6-4-12)20-25-18-17(27-20)2-1-9-23-18/h1-10H,11H2,(H,24,26). The summed E-state index contributed by atoms with van der Waals surface area (Å²) in [7, 11) is 0. The summed E-state index contributed by atoms with van der Waals surface area (Å²) in [6.45, 7) is 0.368. The van der Waals surface area contributed by atoms with Crippen LogP contribution >= 0.6 is 23.2 Å². The van der Waals surface area contributed by atoms with Crippen molar-refractivity contribution < 1.29 is 9.21 Å². The molecule has 134 valence electrons. The number of nitrogens with zero attached hydrogens (tertiary/aromatic N) is 2. The van der Waals surface area contributed by atoms with Gasteiger partial charge < -0.3 is 9.73 Å². The summed E-state index contributed by atoms with van der Waals surface area (Å²) < 4.78 is 5.70. The Hall–Kier alpha value is -2.89. The molecule has 0 aliphatic carbocycles. The van der Waals surface area contributed by atoms with E-state index >= 15 is 0 Å². The van der Waals surface area contributed by atoms with Crippen LogP contribution in [0, 0.1) is 0 Å². The number of amides is 1. The van der Waals surface area contributed by atoms with Gasteiger partial charge in [-0.2, -0.15) is 4.98 Å². The molecule has 0 saturated carbocycles. The van der Waals surface area contributed by atoms with E-state index in [-0.39, 0.29) is 5.91 Å². The molecule has 0 aliphatic heterocycles. The number of rotatable bonds is 4. The fourth-order valence-corrected chi connectivity index (χ4v) is 3.10. The first kappa shape index (κ1) is 17.5. The number of fused-ring (bicyclic) bond motifs is 1. The van der Waals surface area contributed by atoms with Crippen molar-refractivity contribution in [1.29, 1.82) is 0 Å². The van der Waals surface area contributed by atoms with Crippen molar-refractivity contribution in [3.8, 4) is 11.5 Å². The normalized spacial score (nSPS) is 10.9. The minimum Gasteiger partial charge on any atom is -0.434 e. The second-order valence-corrected chi connectivity index (χ2v) is 6.69. The number of aromatic nitrogens is 2. The van der Waals surface area contributed by atoms with E-state index in [1.165, 1.54) is 0 Å². The summed E-state index contributed by atoms with van der Waals surface area (Å²) in [6, 6.07) is 16.0. The summed E-state index contributed by atoms with van der Waals surface area (Å²) in [4.78, 5) is 20.8. The van der Waals surface area contributed by atoms with Gasteiger partial charge in [-0.3, -0.25) is 4.79 Å². The largest absolute Gasteiger partial charge is 0.434 e. The van der Waals surface area contributed by atoms with Crippen molar-refractivity contribution in [1.82, 2.24) is 15.3 Å². The maximum absolute atomic E-state index is 12.3. The smallest absolute Gasteiger partial charge is 0.253 e. The van der Waals surface area contributed by atoms with Gasteiger partial charge in [0.1, 0.15) is 0 Å². The van der Waals surface area contributed by atoms with E-state index in [4.69, 9.17) is 27.6 Å². The third-order valence-electron chi connectivity index (χ3n) is 3.99. The molecule has 0 atom stereocenters. The highest BCUT2D eigenvalue weighted by atomic mass is 35.5. The molecule has 27 heavy (non-hydrogen) atoms. The van der Waals surface area contributed by atoms with Gasteiger partial charge in [0.15, 0.2) is 11.2 Å². The lowest BCUT2D eigenvalue weighted by molar-refractivity contribution is 0.0951. The fourth-order valence-electron chi connectivity index (χ4n) is 2.61. The van der Waals surface area contributed by atoms with E-state index in [9.17, 15) is 4.79 Å². The molecule has 2 heterocycles. The molecule has 5 nitrogen and oxygen atoms in total. The first-order valence-corrected chi connectivity index (χ1v) is 8.90. The average Bonchev–Trinajstić information content (AvgIpc) is 3.11. The number of carbonyl (C=O) groups is 1. The number of halogens is 2. The van der Waals surface area contributed by atoms with Gasteiger partial charge in [-0.05, 0) is 48.0 Å². The Morgan fingerprint density at radius 1 is 1.07 bits per heavy atom. The lowest BCUT2D eigenvalue weighted by Crippen LogP contribution is -2.23. The minimum atomic E-state index is -0.259. The molecule has 0 aliphatic rings. The van der Waals surface area contributed by atoms with Gasteiger partial charge >= 0.3 is 0 Å². The van der Waals surface area contributed by atoms with Crippen LogP contribution in [-0.2, 0) is 6.54 Å². The molecular weight excluding hydrogens is 385 g/mol. The predicted molar refractivity (Wildman–Crippen MR) is 105 cm³/mol. The van der Waals surface area contributed by atoms with E-state index < -0.39 is 0 Å². The number of hydrogen-bond donors (Lipinski definition) is 1. The van der Waals surface area contributed by atoms with Crippen molar-refractivity contribution in [2.75, 3.05) is 0 Å². The molecule has 0 saturated heterocycles. The zero-order valence-electron chi connectivity index (χ0n) is 13.9. The third kappa shape index (κ3) is 3.79. The molecule has 2 aromatic heterocycles. The Kier molecular flexibility index (Phi) is 4.79. The molecule has 0 bridgehead atoms. The van der Waals surface area contributed by atoms with Crippen molar-refractivity contribution >= 4 is 40.3 Å². The Balaban J connectivity index is 1.45. The maximum Gasteiger partial charge on any atom is 0.253 e. The molecule has 1 amide bonds. The average molecular weight is 398 g/mol. The highest BCUT2D eigenvalue weighted by Crippen LogP contribution is 2.24. The van der Waals surface area contributed by atoms with Crippen LogP contribution in [0.2, 0.25) is 10.0 Å². The molecule has 1 N–H and O–H groups in total. The summed E-state index contributed by atoms with van der Waals surface area (Å²) in [5.74, 6) is 0.248. The first-order valence-electron chi connectivity index (χ1n) is 8.14. The molecule has 0 radical (unpaired) electrons. The molecule has 0 fully saturated rings. The first-order chi connectivity index (χ1) is 13.1. The molecular formula is C20H13Cl2N3O2. The van der Waals surface area contributed by atoms with Crippen LogP contribution in [0.3, 0.4) is 0 Å². The van der Waals surface area contributed by atoms with Gasteiger partial charge in [0.25, 0.3) is 5.91 Å². The Morgan fingerprint density at radius 3 is 2.63 bits per heavy atom. The van der Waals surface area contributed by atoms with Crippen molar-refractivity contribution in [3.63, 3.8) is 0 Å². The summed E-state index contributed by atoms with van der Waals surface area (Å²) in [5.41, 5.74) is 3.37. The summed E-state index contributed by atoms with van der Waals surface area (Å²) >= 11 is 11.9. The van der Waals surface area contributed by atoms with Crippen molar-refractivity contribution in [2.45, 2.75) is 6.54 Å². The van der Waals surface area contributed by atoms with E-state index in [0.717, 1.165) is 11.1 Å². The lowest BCUT2D eigenvalue weighted by Gasteiger charge is -2.07. The van der Waals surface area contributed by atoms with Crippen molar-refractivity contribution in [2.24, 2.45) is 0 Å². The fraction of sp³-hybridized carbons (Fsp3) is 0.0500. The van der Waals surface area contributed by atoms with Crippen LogP contribution in [-0.4, -0.2) is 15.9 Å². The topological polar surface area (TPSA) is 68.0 Å². The summed E-state index contributed by atoms with van der Waals surface area (Å²) in [5, 5.41) is 3.65. The highest BCUT2D eigenvalue weighted by Gasteiger charge is 2.11. The second kappa shape index (κ2) is 7.39. The summed E-state index contributed by atoms with van der Waals surface area (Å²) in [6.07, 6.45) is 1.67. The van der Waals surface area contributed by atoms with Gasteiger partial charge in [0.2, 0.25) is 5.89 Å². The zero-order chi connectivity index (χ0) is 18.8. The number of hydrogen-bond acceptors (Lipinski definition) is 4. The van der Waals surface area contributed by atoms with Crippen LogP contribution in [0.4, 0.5) is 0 Å². The van der Waals surface area contributed by atoms with Gasteiger partial charge in [-0.1, -0.05) is 35.3 Å². The van der Waals surface area contributed by atoms with Gasteiger partial charge in [0.05, 0.1) is 10.6 Å². The number of pyridine rings is 1. The molecule has 0 spiro atoms. The number of nitrogens with one attached hydrogen (secondary N) is 1. The molecule has 2 aromatic carbocycles. The van der Waals surface area contributed by atoms with E-state index in [1.807, 2.05) is 30.3 Å². The van der Waals surface area contributed by atoms with Crippen LogP contribution in [0.1, 0.15) is 15.9 Å². The highest BCUT2D eigenvalue weighted by molar-refractivity contribution is 6.36. The Bertz CT molecular complexity index is 1090. The molecule has 0 unspecified atom stereocenters. The lowest BCUT2D eigenvalue weighted by atomic mass is 10.1. The van der Waals surface area contributed by atoms with Crippen LogP contribution in [0.5, 0.6) is 0 Å². The third-order valence-corrected chi connectivity index (χ3v) is 4.54. The van der Waals surface area contributed by atoms with Gasteiger partial charge in [0, 0.05) is 23.3 Å². The van der Waals surface area contributed by atoms with Crippen molar-refractivity contribution in [3.05, 3.63) is 82.0 Å².